The van der Waals surface area contributed by atoms with Gasteiger partial charge in [-0.1, -0.05) is 71.7 Å². The third kappa shape index (κ3) is 5.22. The molecule has 0 bridgehead atoms. The van der Waals surface area contributed by atoms with Crippen LogP contribution in [-0.4, -0.2) is 28.3 Å². The van der Waals surface area contributed by atoms with Gasteiger partial charge in [0, 0.05) is 10.4 Å². The molecule has 1 heterocycles. The summed E-state index contributed by atoms with van der Waals surface area (Å²) < 4.78 is 6.39. The highest BCUT2D eigenvalue weighted by Gasteiger charge is 2.19. The fourth-order valence-electron chi connectivity index (χ4n) is 3.23. The number of rotatable bonds is 6. The lowest BCUT2D eigenvalue weighted by atomic mass is 10.1. The SMILES string of the molecule is O=C(COC(=O)c1nn(Cc2ccccc2)c(=O)c2ccccc12)Nc1cc(Cl)ccc1Cl. The number of hydrogen-bond donors (Lipinski definition) is 1. The van der Waals surface area contributed by atoms with E-state index in [9.17, 15) is 14.4 Å². The van der Waals surface area contributed by atoms with Gasteiger partial charge >= 0.3 is 5.97 Å². The number of esters is 1. The number of aromatic nitrogens is 2. The maximum Gasteiger partial charge on any atom is 0.359 e. The molecule has 1 aromatic heterocycles. The summed E-state index contributed by atoms with van der Waals surface area (Å²) in [5.41, 5.74) is 0.749. The number of benzene rings is 3. The molecule has 4 rings (SSSR count). The Morgan fingerprint density at radius 1 is 0.939 bits per heavy atom. The van der Waals surface area contributed by atoms with Gasteiger partial charge in [0.25, 0.3) is 11.5 Å². The topological polar surface area (TPSA) is 90.3 Å². The molecular weight excluding hydrogens is 465 g/mol. The minimum atomic E-state index is -0.833. The molecular formula is C24H17Cl2N3O4. The van der Waals surface area contributed by atoms with Gasteiger partial charge in [-0.05, 0) is 29.8 Å². The van der Waals surface area contributed by atoms with Gasteiger partial charge in [0.05, 0.1) is 22.6 Å². The highest BCUT2D eigenvalue weighted by atomic mass is 35.5. The summed E-state index contributed by atoms with van der Waals surface area (Å²) >= 11 is 12.0. The number of carbonyl (C=O) groups is 2. The molecule has 166 valence electrons. The summed E-state index contributed by atoms with van der Waals surface area (Å²) in [4.78, 5) is 38.0. The van der Waals surface area contributed by atoms with Crippen LogP contribution in [0.2, 0.25) is 10.0 Å². The van der Waals surface area contributed by atoms with Crippen LogP contribution in [0, 0.1) is 0 Å². The van der Waals surface area contributed by atoms with E-state index >= 15 is 0 Å². The fraction of sp³-hybridized carbons (Fsp3) is 0.0833. The van der Waals surface area contributed by atoms with Crippen molar-refractivity contribution in [3.8, 4) is 0 Å². The van der Waals surface area contributed by atoms with Gasteiger partial charge in [-0.2, -0.15) is 5.10 Å². The van der Waals surface area contributed by atoms with Crippen molar-refractivity contribution in [2.45, 2.75) is 6.54 Å². The maximum absolute atomic E-state index is 12.9. The van der Waals surface area contributed by atoms with Crippen LogP contribution in [0.25, 0.3) is 10.8 Å². The number of anilines is 1. The van der Waals surface area contributed by atoms with Crippen LogP contribution in [0.1, 0.15) is 16.1 Å². The lowest BCUT2D eigenvalue weighted by Crippen LogP contribution is -2.28. The zero-order valence-electron chi connectivity index (χ0n) is 17.1. The lowest BCUT2D eigenvalue weighted by Gasteiger charge is -2.11. The third-order valence-electron chi connectivity index (χ3n) is 4.77. The lowest BCUT2D eigenvalue weighted by molar-refractivity contribution is -0.119. The summed E-state index contributed by atoms with van der Waals surface area (Å²) in [6.07, 6.45) is 0. The molecule has 33 heavy (non-hydrogen) atoms. The number of hydrogen-bond acceptors (Lipinski definition) is 5. The summed E-state index contributed by atoms with van der Waals surface area (Å²) in [7, 11) is 0. The number of nitrogens with zero attached hydrogens (tertiary/aromatic N) is 2. The van der Waals surface area contributed by atoms with E-state index in [0.717, 1.165) is 5.56 Å². The molecule has 3 aromatic carbocycles. The van der Waals surface area contributed by atoms with Gasteiger partial charge in [0.1, 0.15) is 0 Å². The Balaban J connectivity index is 1.57. The summed E-state index contributed by atoms with van der Waals surface area (Å²) in [6, 6.07) is 20.5. The molecule has 0 radical (unpaired) electrons. The van der Waals surface area contributed by atoms with Gasteiger partial charge in [-0.3, -0.25) is 9.59 Å². The van der Waals surface area contributed by atoms with Crippen molar-refractivity contribution in [1.29, 1.82) is 0 Å². The number of amides is 1. The number of ether oxygens (including phenoxy) is 1. The zero-order valence-corrected chi connectivity index (χ0v) is 18.6. The van der Waals surface area contributed by atoms with Crippen molar-refractivity contribution in [3.63, 3.8) is 0 Å². The number of carbonyl (C=O) groups excluding carboxylic acids is 2. The Morgan fingerprint density at radius 2 is 1.64 bits per heavy atom. The minimum Gasteiger partial charge on any atom is -0.451 e. The van der Waals surface area contributed by atoms with E-state index < -0.39 is 18.5 Å². The van der Waals surface area contributed by atoms with Crippen LogP contribution in [0.15, 0.2) is 77.6 Å². The standard InChI is InChI=1S/C24H17Cl2N3O4/c25-16-10-11-19(26)20(12-16)27-21(30)14-33-24(32)22-17-8-4-5-9-18(17)23(31)29(28-22)13-15-6-2-1-3-7-15/h1-12H,13-14H2,(H,27,30). The fourth-order valence-corrected chi connectivity index (χ4v) is 3.57. The van der Waals surface area contributed by atoms with Crippen LogP contribution in [0.4, 0.5) is 5.69 Å². The van der Waals surface area contributed by atoms with Gasteiger partial charge < -0.3 is 10.1 Å². The van der Waals surface area contributed by atoms with Crippen LogP contribution >= 0.6 is 23.2 Å². The van der Waals surface area contributed by atoms with Gasteiger partial charge in [-0.25, -0.2) is 9.48 Å². The first-order valence-electron chi connectivity index (χ1n) is 9.88. The average Bonchev–Trinajstić information content (AvgIpc) is 2.82. The molecule has 0 aliphatic carbocycles. The van der Waals surface area contributed by atoms with Crippen molar-refractivity contribution < 1.29 is 14.3 Å². The highest BCUT2D eigenvalue weighted by molar-refractivity contribution is 6.35. The quantitative estimate of drug-likeness (QED) is 0.408. The number of nitrogens with one attached hydrogen (secondary N) is 1. The molecule has 0 atom stereocenters. The summed E-state index contributed by atoms with van der Waals surface area (Å²) in [6.45, 7) is -0.395. The minimum absolute atomic E-state index is 0.0604. The van der Waals surface area contributed by atoms with Gasteiger partial charge in [0.15, 0.2) is 12.3 Å². The van der Waals surface area contributed by atoms with E-state index in [1.807, 2.05) is 30.3 Å². The van der Waals surface area contributed by atoms with Gasteiger partial charge in [-0.15, -0.1) is 0 Å². The predicted octanol–water partition coefficient (Wildman–Crippen LogP) is 4.55. The molecule has 0 fully saturated rings. The maximum atomic E-state index is 12.9. The summed E-state index contributed by atoms with van der Waals surface area (Å²) in [5.74, 6) is -1.44. The third-order valence-corrected chi connectivity index (χ3v) is 5.34. The zero-order chi connectivity index (χ0) is 23.4. The van der Waals surface area contributed by atoms with Crippen LogP contribution < -0.4 is 10.9 Å². The predicted molar refractivity (Wildman–Crippen MR) is 127 cm³/mol. The Morgan fingerprint density at radius 3 is 2.39 bits per heavy atom. The Hall–Kier alpha value is -3.68. The molecule has 7 nitrogen and oxygen atoms in total. The first-order valence-corrected chi connectivity index (χ1v) is 10.6. The molecule has 0 unspecified atom stereocenters. The smallest absolute Gasteiger partial charge is 0.359 e. The molecule has 9 heteroatoms. The molecule has 1 N–H and O–H groups in total. The van der Waals surface area contributed by atoms with Crippen molar-refractivity contribution in [2.24, 2.45) is 0 Å². The molecule has 0 saturated heterocycles. The van der Waals surface area contributed by atoms with Crippen molar-refractivity contribution in [1.82, 2.24) is 9.78 Å². The average molecular weight is 482 g/mol. The van der Waals surface area contributed by atoms with E-state index in [2.05, 4.69) is 10.4 Å². The van der Waals surface area contributed by atoms with E-state index in [-0.39, 0.29) is 17.8 Å². The van der Waals surface area contributed by atoms with Crippen molar-refractivity contribution >= 4 is 51.5 Å². The van der Waals surface area contributed by atoms with E-state index in [0.29, 0.717) is 26.5 Å². The van der Waals surface area contributed by atoms with Crippen LogP contribution in [0.3, 0.4) is 0 Å². The number of halogens is 2. The number of fused-ring (bicyclic) bond motifs is 1. The monoisotopic (exact) mass is 481 g/mol. The molecule has 1 amide bonds. The van der Waals surface area contributed by atoms with Crippen LogP contribution in [-0.2, 0) is 16.1 Å². The molecule has 0 spiro atoms. The second-order valence-electron chi connectivity index (χ2n) is 7.09. The van der Waals surface area contributed by atoms with Crippen LogP contribution in [0.5, 0.6) is 0 Å². The second-order valence-corrected chi connectivity index (χ2v) is 7.93. The van der Waals surface area contributed by atoms with E-state index in [1.54, 1.807) is 30.3 Å². The van der Waals surface area contributed by atoms with E-state index in [4.69, 9.17) is 27.9 Å². The first-order chi connectivity index (χ1) is 15.9. The Kier molecular flexibility index (Phi) is 6.72. The second kappa shape index (κ2) is 9.85. The van der Waals surface area contributed by atoms with Gasteiger partial charge in [0.2, 0.25) is 0 Å². The van der Waals surface area contributed by atoms with Crippen molar-refractivity contribution in [2.75, 3.05) is 11.9 Å². The highest BCUT2D eigenvalue weighted by Crippen LogP contribution is 2.25. The Labute approximate surface area is 198 Å². The van der Waals surface area contributed by atoms with Crippen molar-refractivity contribution in [3.05, 3.63) is 104 Å². The molecule has 4 aromatic rings. The molecule has 0 aliphatic rings. The normalized spacial score (nSPS) is 10.7. The largest absolute Gasteiger partial charge is 0.451 e. The summed E-state index contributed by atoms with van der Waals surface area (Å²) in [5, 5.41) is 8.13. The Bertz CT molecular complexity index is 1400. The van der Waals surface area contributed by atoms with E-state index in [1.165, 1.54) is 16.8 Å². The molecule has 0 aliphatic heterocycles. The molecule has 0 saturated carbocycles. The first kappa shape index (κ1) is 22.5.